The van der Waals surface area contributed by atoms with E-state index in [1.807, 2.05) is 0 Å². The molecule has 100 valence electrons. The second-order valence-electron chi connectivity index (χ2n) is 4.08. The van der Waals surface area contributed by atoms with Gasteiger partial charge in [0.1, 0.15) is 0 Å². The van der Waals surface area contributed by atoms with Gasteiger partial charge in [-0.1, -0.05) is 0 Å². The van der Waals surface area contributed by atoms with Gasteiger partial charge in [0.2, 0.25) is 5.95 Å². The van der Waals surface area contributed by atoms with Crippen molar-refractivity contribution in [3.05, 3.63) is 0 Å². The summed E-state index contributed by atoms with van der Waals surface area (Å²) in [5, 5.41) is 0. The van der Waals surface area contributed by atoms with E-state index in [2.05, 4.69) is 19.9 Å². The number of aromatic nitrogens is 3. The molecule has 0 spiro atoms. The number of hydrogen-bond acceptors (Lipinski definition) is 6. The highest BCUT2D eigenvalue weighted by Gasteiger charge is 2.27. The summed E-state index contributed by atoms with van der Waals surface area (Å²) in [5.41, 5.74) is 0. The minimum absolute atomic E-state index is 0.272. The Labute approximate surface area is 111 Å². The Balaban J connectivity index is 2.25. The summed E-state index contributed by atoms with van der Waals surface area (Å²) in [7, 11) is 3.05. The van der Waals surface area contributed by atoms with E-state index in [1.165, 1.54) is 14.2 Å². The molecule has 0 amide bonds. The second kappa shape index (κ2) is 6.04. The van der Waals surface area contributed by atoms with E-state index in [1.54, 1.807) is 0 Å². The van der Waals surface area contributed by atoms with Gasteiger partial charge in [0.05, 0.1) is 14.2 Å². The summed E-state index contributed by atoms with van der Waals surface area (Å²) in [6.45, 7) is 0.928. The maximum absolute atomic E-state index is 5.82. The highest BCUT2D eigenvalue weighted by Crippen LogP contribution is 2.26. The first-order chi connectivity index (χ1) is 8.78. The zero-order valence-corrected chi connectivity index (χ0v) is 11.4. The number of nitrogens with zero attached hydrogens (tertiary/aromatic N) is 4. The Kier molecular flexibility index (Phi) is 4.41. The molecule has 1 atom stereocenters. The van der Waals surface area contributed by atoms with Crippen molar-refractivity contribution in [3.63, 3.8) is 0 Å². The summed E-state index contributed by atoms with van der Waals surface area (Å²) in [6.07, 6.45) is 3.17. The fourth-order valence-electron chi connectivity index (χ4n) is 2.16. The Morgan fingerprint density at radius 3 is 2.44 bits per heavy atom. The van der Waals surface area contributed by atoms with Crippen LogP contribution in [0.1, 0.15) is 19.3 Å². The molecular formula is C11H17ClN4O2. The molecule has 0 aliphatic carbocycles. The van der Waals surface area contributed by atoms with Gasteiger partial charge >= 0.3 is 12.0 Å². The maximum atomic E-state index is 5.82. The Morgan fingerprint density at radius 2 is 1.89 bits per heavy atom. The fraction of sp³-hybridized carbons (Fsp3) is 0.727. The predicted octanol–water partition coefficient (Wildman–Crippen LogP) is 1.49. The molecule has 1 aliphatic rings. The Morgan fingerprint density at radius 1 is 1.22 bits per heavy atom. The molecule has 0 bridgehead atoms. The lowest BCUT2D eigenvalue weighted by atomic mass is 10.2. The molecule has 1 unspecified atom stereocenters. The first-order valence-electron chi connectivity index (χ1n) is 5.95. The van der Waals surface area contributed by atoms with E-state index in [0.29, 0.717) is 17.9 Å². The van der Waals surface area contributed by atoms with Crippen LogP contribution in [0.3, 0.4) is 0 Å². The molecule has 1 aromatic heterocycles. The number of halogens is 1. The van der Waals surface area contributed by atoms with Crippen LogP contribution in [0.5, 0.6) is 12.0 Å². The quantitative estimate of drug-likeness (QED) is 0.757. The number of anilines is 1. The van der Waals surface area contributed by atoms with Crippen LogP contribution in [0.25, 0.3) is 0 Å². The average Bonchev–Trinajstić information content (AvgIpc) is 2.87. The van der Waals surface area contributed by atoms with Crippen LogP contribution in [-0.4, -0.2) is 47.6 Å². The standard InChI is InChI=1S/C11H17ClN4O2/c1-17-10-13-9(14-11(15-10)18-2)16-7-3-4-8(16)5-6-12/h8H,3-7H2,1-2H3. The monoisotopic (exact) mass is 272 g/mol. The summed E-state index contributed by atoms with van der Waals surface area (Å²) in [5.74, 6) is 1.24. The van der Waals surface area contributed by atoms with E-state index in [-0.39, 0.29) is 12.0 Å². The van der Waals surface area contributed by atoms with Crippen molar-refractivity contribution in [2.75, 3.05) is 31.5 Å². The molecular weight excluding hydrogens is 256 g/mol. The molecule has 1 aromatic rings. The van der Waals surface area contributed by atoms with E-state index in [0.717, 1.165) is 25.8 Å². The van der Waals surface area contributed by atoms with Gasteiger partial charge in [-0.25, -0.2) is 0 Å². The molecule has 2 rings (SSSR count). The zero-order chi connectivity index (χ0) is 13.0. The molecule has 2 heterocycles. The smallest absolute Gasteiger partial charge is 0.324 e. The highest BCUT2D eigenvalue weighted by atomic mass is 35.5. The number of alkyl halides is 1. The van der Waals surface area contributed by atoms with Crippen molar-refractivity contribution in [3.8, 4) is 12.0 Å². The summed E-state index contributed by atoms with van der Waals surface area (Å²) in [4.78, 5) is 14.7. The van der Waals surface area contributed by atoms with Crippen molar-refractivity contribution >= 4 is 17.5 Å². The topological polar surface area (TPSA) is 60.4 Å². The molecule has 0 aromatic carbocycles. The van der Waals surface area contributed by atoms with E-state index < -0.39 is 0 Å². The van der Waals surface area contributed by atoms with Crippen LogP contribution < -0.4 is 14.4 Å². The van der Waals surface area contributed by atoms with Crippen molar-refractivity contribution in [1.29, 1.82) is 0 Å². The largest absolute Gasteiger partial charge is 0.467 e. The van der Waals surface area contributed by atoms with Gasteiger partial charge in [0.25, 0.3) is 0 Å². The Bertz CT molecular complexity index is 382. The lowest BCUT2D eigenvalue weighted by molar-refractivity contribution is 0.339. The third kappa shape index (κ3) is 2.75. The van der Waals surface area contributed by atoms with Crippen molar-refractivity contribution in [1.82, 2.24) is 15.0 Å². The first kappa shape index (κ1) is 13.1. The number of ether oxygens (including phenoxy) is 2. The van der Waals surface area contributed by atoms with Crippen molar-refractivity contribution < 1.29 is 9.47 Å². The summed E-state index contributed by atoms with van der Waals surface area (Å²) < 4.78 is 10.1. The summed E-state index contributed by atoms with van der Waals surface area (Å²) in [6, 6.07) is 0.932. The lowest BCUT2D eigenvalue weighted by Gasteiger charge is -2.24. The van der Waals surface area contributed by atoms with Gasteiger partial charge in [-0.05, 0) is 19.3 Å². The van der Waals surface area contributed by atoms with E-state index in [4.69, 9.17) is 21.1 Å². The van der Waals surface area contributed by atoms with Gasteiger partial charge in [-0.2, -0.15) is 9.97 Å². The van der Waals surface area contributed by atoms with Crippen LogP contribution in [0.4, 0.5) is 5.95 Å². The van der Waals surface area contributed by atoms with Gasteiger partial charge in [0.15, 0.2) is 0 Å². The molecule has 18 heavy (non-hydrogen) atoms. The molecule has 7 heteroatoms. The molecule has 1 saturated heterocycles. The number of hydrogen-bond donors (Lipinski definition) is 0. The number of methoxy groups -OCH3 is 2. The first-order valence-corrected chi connectivity index (χ1v) is 6.48. The Hall–Kier alpha value is -1.30. The third-order valence-corrected chi connectivity index (χ3v) is 3.24. The second-order valence-corrected chi connectivity index (χ2v) is 4.45. The van der Waals surface area contributed by atoms with Crippen LogP contribution in [0.15, 0.2) is 0 Å². The van der Waals surface area contributed by atoms with Gasteiger partial charge in [-0.15, -0.1) is 16.6 Å². The van der Waals surface area contributed by atoms with Crippen LogP contribution in [0.2, 0.25) is 0 Å². The minimum atomic E-state index is 0.272. The average molecular weight is 273 g/mol. The molecule has 0 N–H and O–H groups in total. The maximum Gasteiger partial charge on any atom is 0.324 e. The van der Waals surface area contributed by atoms with Crippen LogP contribution >= 0.6 is 11.6 Å². The van der Waals surface area contributed by atoms with Gasteiger partial charge < -0.3 is 14.4 Å². The van der Waals surface area contributed by atoms with E-state index >= 15 is 0 Å². The lowest BCUT2D eigenvalue weighted by Crippen LogP contribution is -2.31. The molecule has 0 radical (unpaired) electrons. The summed E-state index contributed by atoms with van der Waals surface area (Å²) >= 11 is 5.82. The third-order valence-electron chi connectivity index (χ3n) is 3.02. The van der Waals surface area contributed by atoms with Gasteiger partial charge in [0, 0.05) is 18.5 Å². The molecule has 6 nitrogen and oxygen atoms in total. The number of rotatable bonds is 5. The zero-order valence-electron chi connectivity index (χ0n) is 10.6. The SMILES string of the molecule is COc1nc(OC)nc(N2CCCC2CCCl)n1. The van der Waals surface area contributed by atoms with Crippen LogP contribution in [0, 0.1) is 0 Å². The highest BCUT2D eigenvalue weighted by molar-refractivity contribution is 6.17. The minimum Gasteiger partial charge on any atom is -0.467 e. The van der Waals surface area contributed by atoms with Crippen molar-refractivity contribution in [2.24, 2.45) is 0 Å². The molecule has 0 saturated carbocycles. The van der Waals surface area contributed by atoms with Gasteiger partial charge in [-0.3, -0.25) is 0 Å². The molecule has 1 fully saturated rings. The predicted molar refractivity (Wildman–Crippen MR) is 68.6 cm³/mol. The fourth-order valence-corrected chi connectivity index (χ4v) is 2.42. The molecule has 1 aliphatic heterocycles. The normalized spacial score (nSPS) is 19.1. The van der Waals surface area contributed by atoms with E-state index in [9.17, 15) is 0 Å². The van der Waals surface area contributed by atoms with Crippen molar-refractivity contribution in [2.45, 2.75) is 25.3 Å². The van der Waals surface area contributed by atoms with Crippen LogP contribution in [-0.2, 0) is 0 Å².